The molecule has 1 aromatic heterocycles. The average molecular weight is 259 g/mol. The van der Waals surface area contributed by atoms with Gasteiger partial charge in [-0.3, -0.25) is 4.79 Å². The van der Waals surface area contributed by atoms with Gasteiger partial charge in [0.1, 0.15) is 0 Å². The lowest BCUT2D eigenvalue weighted by Crippen LogP contribution is -2.32. The van der Waals surface area contributed by atoms with Crippen LogP contribution in [0.4, 0.5) is 0 Å². The monoisotopic (exact) mass is 259 g/mol. The number of benzene rings is 1. The summed E-state index contributed by atoms with van der Waals surface area (Å²) in [5.74, 6) is 0.841. The third kappa shape index (κ3) is 2.27. The number of fused-ring (bicyclic) bond motifs is 1. The molecule has 1 heterocycles. The Bertz CT molecular complexity index is 542. The maximum Gasteiger partial charge on any atom is 0.261 e. The molecule has 1 aliphatic rings. The molecule has 1 saturated carbocycles. The Balaban J connectivity index is 1.75. The van der Waals surface area contributed by atoms with Crippen molar-refractivity contribution in [2.75, 3.05) is 0 Å². The van der Waals surface area contributed by atoms with Crippen LogP contribution >= 0.6 is 11.3 Å². The minimum absolute atomic E-state index is 0.0929. The van der Waals surface area contributed by atoms with E-state index in [0.29, 0.717) is 6.04 Å². The molecule has 0 aliphatic heterocycles. The zero-order valence-electron chi connectivity index (χ0n) is 10.5. The van der Waals surface area contributed by atoms with Gasteiger partial charge in [0.05, 0.1) is 4.88 Å². The molecule has 2 aromatic rings. The minimum Gasteiger partial charge on any atom is -0.349 e. The first-order valence-corrected chi connectivity index (χ1v) is 7.33. The molecule has 3 rings (SSSR count). The fourth-order valence-electron chi connectivity index (χ4n) is 2.69. The second-order valence-corrected chi connectivity index (χ2v) is 6.32. The molecule has 2 atom stereocenters. The van der Waals surface area contributed by atoms with Crippen LogP contribution in [0.5, 0.6) is 0 Å². The van der Waals surface area contributed by atoms with Crippen molar-refractivity contribution in [2.45, 2.75) is 32.2 Å². The number of nitrogens with one attached hydrogen (secondary N) is 1. The van der Waals surface area contributed by atoms with Gasteiger partial charge >= 0.3 is 0 Å². The van der Waals surface area contributed by atoms with E-state index in [0.717, 1.165) is 29.0 Å². The maximum absolute atomic E-state index is 12.2. The SMILES string of the molecule is CC1CCC(NC(=O)c2cc3ccccc3s2)C1. The van der Waals surface area contributed by atoms with Gasteiger partial charge in [-0.15, -0.1) is 11.3 Å². The Morgan fingerprint density at radius 1 is 1.33 bits per heavy atom. The summed E-state index contributed by atoms with van der Waals surface area (Å²) in [4.78, 5) is 13.0. The Hall–Kier alpha value is -1.35. The number of hydrogen-bond donors (Lipinski definition) is 1. The Kier molecular flexibility index (Phi) is 3.08. The largest absolute Gasteiger partial charge is 0.349 e. The highest BCUT2D eigenvalue weighted by Crippen LogP contribution is 2.27. The molecule has 0 radical (unpaired) electrons. The van der Waals surface area contributed by atoms with Gasteiger partial charge < -0.3 is 5.32 Å². The maximum atomic E-state index is 12.2. The van der Waals surface area contributed by atoms with E-state index in [-0.39, 0.29) is 5.91 Å². The van der Waals surface area contributed by atoms with Gasteiger partial charge in [-0.2, -0.15) is 0 Å². The molecule has 1 N–H and O–H groups in total. The molecule has 3 heteroatoms. The summed E-state index contributed by atoms with van der Waals surface area (Å²) in [7, 11) is 0. The molecule has 1 amide bonds. The summed E-state index contributed by atoms with van der Waals surface area (Å²) < 4.78 is 1.18. The summed E-state index contributed by atoms with van der Waals surface area (Å²) in [6.45, 7) is 2.26. The van der Waals surface area contributed by atoms with E-state index < -0.39 is 0 Å². The predicted octanol–water partition coefficient (Wildman–Crippen LogP) is 3.82. The highest BCUT2D eigenvalue weighted by molar-refractivity contribution is 7.20. The van der Waals surface area contributed by atoms with Gasteiger partial charge in [0.2, 0.25) is 0 Å². The van der Waals surface area contributed by atoms with Crippen LogP contribution in [0.15, 0.2) is 30.3 Å². The summed E-state index contributed by atoms with van der Waals surface area (Å²) in [5.41, 5.74) is 0. The summed E-state index contributed by atoms with van der Waals surface area (Å²) in [6.07, 6.45) is 3.48. The third-order valence-corrected chi connectivity index (χ3v) is 4.79. The van der Waals surface area contributed by atoms with Crippen molar-refractivity contribution in [3.05, 3.63) is 35.2 Å². The summed E-state index contributed by atoms with van der Waals surface area (Å²) >= 11 is 1.58. The zero-order valence-corrected chi connectivity index (χ0v) is 11.3. The molecule has 94 valence electrons. The summed E-state index contributed by atoms with van der Waals surface area (Å²) in [6, 6.07) is 10.5. The molecule has 1 aromatic carbocycles. The molecule has 1 fully saturated rings. The molecule has 0 spiro atoms. The van der Waals surface area contributed by atoms with E-state index in [1.54, 1.807) is 11.3 Å². The average Bonchev–Trinajstić information content (AvgIpc) is 2.95. The van der Waals surface area contributed by atoms with Crippen LogP contribution in [0, 0.1) is 5.92 Å². The van der Waals surface area contributed by atoms with Gasteiger partial charge in [0.25, 0.3) is 5.91 Å². The highest BCUT2D eigenvalue weighted by Gasteiger charge is 2.23. The van der Waals surface area contributed by atoms with Crippen molar-refractivity contribution in [3.8, 4) is 0 Å². The van der Waals surface area contributed by atoms with Gasteiger partial charge in [-0.1, -0.05) is 25.1 Å². The molecular weight excluding hydrogens is 242 g/mol. The third-order valence-electron chi connectivity index (χ3n) is 3.68. The van der Waals surface area contributed by atoms with E-state index in [9.17, 15) is 4.79 Å². The van der Waals surface area contributed by atoms with E-state index in [4.69, 9.17) is 0 Å². The minimum atomic E-state index is 0.0929. The van der Waals surface area contributed by atoms with Crippen LogP contribution in [0.25, 0.3) is 10.1 Å². The topological polar surface area (TPSA) is 29.1 Å². The quantitative estimate of drug-likeness (QED) is 0.872. The molecule has 1 aliphatic carbocycles. The first-order valence-electron chi connectivity index (χ1n) is 6.52. The smallest absolute Gasteiger partial charge is 0.261 e. The number of thiophene rings is 1. The number of amides is 1. The van der Waals surface area contributed by atoms with E-state index >= 15 is 0 Å². The normalized spacial score (nSPS) is 23.4. The lowest BCUT2D eigenvalue weighted by Gasteiger charge is -2.11. The molecular formula is C15H17NOS. The molecule has 0 bridgehead atoms. The van der Waals surface area contributed by atoms with Crippen LogP contribution in [0.3, 0.4) is 0 Å². The molecule has 0 saturated heterocycles. The number of carbonyl (C=O) groups is 1. The van der Waals surface area contributed by atoms with Crippen LogP contribution < -0.4 is 5.32 Å². The number of carbonyl (C=O) groups excluding carboxylic acids is 1. The fraction of sp³-hybridized carbons (Fsp3) is 0.400. The van der Waals surface area contributed by atoms with E-state index in [2.05, 4.69) is 24.4 Å². The zero-order chi connectivity index (χ0) is 12.5. The predicted molar refractivity (Wildman–Crippen MR) is 76.1 cm³/mol. The highest BCUT2D eigenvalue weighted by atomic mass is 32.1. The van der Waals surface area contributed by atoms with Crippen molar-refractivity contribution >= 4 is 27.3 Å². The van der Waals surface area contributed by atoms with Gasteiger partial charge in [-0.25, -0.2) is 0 Å². The van der Waals surface area contributed by atoms with Crippen LogP contribution in [0.1, 0.15) is 35.9 Å². The lowest BCUT2D eigenvalue weighted by atomic mass is 10.1. The van der Waals surface area contributed by atoms with Crippen molar-refractivity contribution < 1.29 is 4.79 Å². The van der Waals surface area contributed by atoms with Crippen molar-refractivity contribution in [2.24, 2.45) is 5.92 Å². The lowest BCUT2D eigenvalue weighted by molar-refractivity contribution is 0.0941. The van der Waals surface area contributed by atoms with Crippen molar-refractivity contribution in [3.63, 3.8) is 0 Å². The van der Waals surface area contributed by atoms with Crippen LogP contribution in [-0.4, -0.2) is 11.9 Å². The standard InChI is InChI=1S/C15H17NOS/c1-10-6-7-12(8-10)16-15(17)14-9-11-4-2-3-5-13(11)18-14/h2-5,9-10,12H,6-8H2,1H3,(H,16,17). The van der Waals surface area contributed by atoms with E-state index in [1.165, 1.54) is 11.1 Å². The van der Waals surface area contributed by atoms with Crippen molar-refractivity contribution in [1.82, 2.24) is 5.32 Å². The van der Waals surface area contributed by atoms with Gasteiger partial charge in [0, 0.05) is 10.7 Å². The second kappa shape index (κ2) is 4.73. The summed E-state index contributed by atoms with van der Waals surface area (Å²) in [5, 5.41) is 4.32. The first kappa shape index (κ1) is 11.7. The first-order chi connectivity index (χ1) is 8.72. The Morgan fingerprint density at radius 2 is 2.17 bits per heavy atom. The molecule has 2 unspecified atom stereocenters. The molecule has 18 heavy (non-hydrogen) atoms. The Morgan fingerprint density at radius 3 is 2.89 bits per heavy atom. The van der Waals surface area contributed by atoms with Crippen LogP contribution in [-0.2, 0) is 0 Å². The fourth-order valence-corrected chi connectivity index (χ4v) is 3.65. The van der Waals surface area contributed by atoms with Crippen LogP contribution in [0.2, 0.25) is 0 Å². The van der Waals surface area contributed by atoms with E-state index in [1.807, 2.05) is 18.2 Å². The van der Waals surface area contributed by atoms with Crippen molar-refractivity contribution in [1.29, 1.82) is 0 Å². The molecule has 2 nitrogen and oxygen atoms in total. The number of hydrogen-bond acceptors (Lipinski definition) is 2. The number of rotatable bonds is 2. The Labute approximate surface area is 111 Å². The van der Waals surface area contributed by atoms with Gasteiger partial charge in [-0.05, 0) is 42.7 Å². The van der Waals surface area contributed by atoms with Gasteiger partial charge in [0.15, 0.2) is 0 Å². The second-order valence-electron chi connectivity index (χ2n) is 5.24.